The van der Waals surface area contributed by atoms with Crippen LogP contribution >= 0.6 is 0 Å². The zero-order valence-electron chi connectivity index (χ0n) is 12.2. The van der Waals surface area contributed by atoms with Crippen LogP contribution in [0.2, 0.25) is 0 Å². The minimum atomic E-state index is 0.133. The molecular weight excluding hydrogens is 262 g/mol. The fourth-order valence-corrected chi connectivity index (χ4v) is 2.31. The predicted octanol–water partition coefficient (Wildman–Crippen LogP) is 2.63. The Bertz CT molecular complexity index is 623. The van der Waals surface area contributed by atoms with Crippen LogP contribution in [0.15, 0.2) is 53.7 Å². The molecule has 2 rings (SSSR count). The lowest BCUT2D eigenvalue weighted by molar-refractivity contribution is 0.318. The van der Waals surface area contributed by atoms with E-state index in [9.17, 15) is 0 Å². The third-order valence-corrected chi connectivity index (χ3v) is 3.47. The topological polar surface area (TPSA) is 70.6 Å². The van der Waals surface area contributed by atoms with Gasteiger partial charge < -0.3 is 16.3 Å². The van der Waals surface area contributed by atoms with Crippen LogP contribution in [0.3, 0.4) is 0 Å². The van der Waals surface area contributed by atoms with Crippen molar-refractivity contribution in [2.24, 2.45) is 10.9 Å². The van der Waals surface area contributed by atoms with Gasteiger partial charge in [0.1, 0.15) is 0 Å². The Balaban J connectivity index is 1.97. The Labute approximate surface area is 125 Å². The van der Waals surface area contributed by atoms with Crippen LogP contribution in [-0.2, 0) is 19.5 Å². The molecule has 0 saturated heterocycles. The molecule has 0 fully saturated rings. The summed E-state index contributed by atoms with van der Waals surface area (Å²) in [7, 11) is 0. The van der Waals surface area contributed by atoms with Crippen LogP contribution < -0.4 is 11.1 Å². The molecule has 0 saturated carbocycles. The largest absolute Gasteiger partial charge is 0.409 e. The third kappa shape index (κ3) is 4.07. The van der Waals surface area contributed by atoms with Gasteiger partial charge in [0.2, 0.25) is 0 Å². The van der Waals surface area contributed by atoms with Gasteiger partial charge >= 0.3 is 0 Å². The first-order chi connectivity index (χ1) is 10.2. The van der Waals surface area contributed by atoms with Crippen LogP contribution in [-0.4, -0.2) is 11.0 Å². The van der Waals surface area contributed by atoms with E-state index in [1.807, 2.05) is 24.3 Å². The van der Waals surface area contributed by atoms with Gasteiger partial charge in [-0.3, -0.25) is 0 Å². The van der Waals surface area contributed by atoms with E-state index < -0.39 is 0 Å². The summed E-state index contributed by atoms with van der Waals surface area (Å²) in [5.41, 5.74) is 10.1. The molecule has 0 atom stereocenters. The average molecular weight is 283 g/mol. The first-order valence-electron chi connectivity index (χ1n) is 7.09. The van der Waals surface area contributed by atoms with E-state index in [0.29, 0.717) is 0 Å². The standard InChI is InChI=1S/C17H21N3O/c1-2-14-7-3-4-8-16(14)12-19-11-13-6-5-9-15(10-13)17(18)20-21/h3-10,19,21H,2,11-12H2,1H3,(H2,18,20). The van der Waals surface area contributed by atoms with Crippen LogP contribution in [0.1, 0.15) is 29.2 Å². The number of oxime groups is 1. The number of benzene rings is 2. The molecule has 0 aromatic heterocycles. The second-order valence-electron chi connectivity index (χ2n) is 4.91. The lowest BCUT2D eigenvalue weighted by atomic mass is 10.1. The number of nitrogens with two attached hydrogens (primary N) is 1. The molecule has 0 amide bonds. The first kappa shape index (κ1) is 15.1. The number of aryl methyl sites for hydroxylation is 1. The van der Waals surface area contributed by atoms with E-state index in [2.05, 4.69) is 41.7 Å². The average Bonchev–Trinajstić information content (AvgIpc) is 2.55. The van der Waals surface area contributed by atoms with E-state index in [1.54, 1.807) is 0 Å². The van der Waals surface area contributed by atoms with Gasteiger partial charge in [-0.1, -0.05) is 54.5 Å². The van der Waals surface area contributed by atoms with Gasteiger partial charge in [0.15, 0.2) is 5.84 Å². The number of hydrogen-bond donors (Lipinski definition) is 3. The Morgan fingerprint density at radius 3 is 2.57 bits per heavy atom. The summed E-state index contributed by atoms with van der Waals surface area (Å²) in [4.78, 5) is 0. The van der Waals surface area contributed by atoms with Crippen LogP contribution in [0.4, 0.5) is 0 Å². The van der Waals surface area contributed by atoms with Gasteiger partial charge in [-0.15, -0.1) is 0 Å². The predicted molar refractivity (Wildman–Crippen MR) is 85.3 cm³/mol. The quantitative estimate of drug-likeness (QED) is 0.330. The van der Waals surface area contributed by atoms with Crippen LogP contribution in [0.5, 0.6) is 0 Å². The van der Waals surface area contributed by atoms with Crippen molar-refractivity contribution in [3.63, 3.8) is 0 Å². The highest BCUT2D eigenvalue weighted by molar-refractivity contribution is 5.97. The molecule has 0 spiro atoms. The van der Waals surface area contributed by atoms with Gasteiger partial charge in [-0.05, 0) is 29.2 Å². The zero-order valence-corrected chi connectivity index (χ0v) is 12.2. The fourth-order valence-electron chi connectivity index (χ4n) is 2.31. The Morgan fingerprint density at radius 1 is 1.10 bits per heavy atom. The van der Waals surface area contributed by atoms with E-state index in [-0.39, 0.29) is 5.84 Å². The van der Waals surface area contributed by atoms with Crippen LogP contribution in [0.25, 0.3) is 0 Å². The number of rotatable bonds is 6. The minimum Gasteiger partial charge on any atom is -0.409 e. The molecule has 21 heavy (non-hydrogen) atoms. The number of amidine groups is 1. The van der Waals surface area contributed by atoms with Gasteiger partial charge in [0.05, 0.1) is 0 Å². The molecule has 0 radical (unpaired) electrons. The van der Waals surface area contributed by atoms with E-state index in [0.717, 1.165) is 30.6 Å². The number of hydrogen-bond acceptors (Lipinski definition) is 3. The monoisotopic (exact) mass is 283 g/mol. The summed E-state index contributed by atoms with van der Waals surface area (Å²) in [5.74, 6) is 0.133. The molecule has 0 heterocycles. The van der Waals surface area contributed by atoms with Gasteiger partial charge in [0, 0.05) is 18.7 Å². The van der Waals surface area contributed by atoms with Gasteiger partial charge in [0.25, 0.3) is 0 Å². The molecule has 4 N–H and O–H groups in total. The molecule has 0 aliphatic rings. The molecule has 4 heteroatoms. The molecule has 110 valence electrons. The summed E-state index contributed by atoms with van der Waals surface area (Å²) < 4.78 is 0. The summed E-state index contributed by atoms with van der Waals surface area (Å²) in [6, 6.07) is 16.1. The van der Waals surface area contributed by atoms with Crippen molar-refractivity contribution in [2.75, 3.05) is 0 Å². The van der Waals surface area contributed by atoms with E-state index in [4.69, 9.17) is 10.9 Å². The van der Waals surface area contributed by atoms with Crippen molar-refractivity contribution in [1.29, 1.82) is 0 Å². The van der Waals surface area contributed by atoms with Crippen molar-refractivity contribution in [1.82, 2.24) is 5.32 Å². The second kappa shape index (κ2) is 7.45. The maximum atomic E-state index is 8.71. The van der Waals surface area contributed by atoms with Crippen LogP contribution in [0, 0.1) is 0 Å². The summed E-state index contributed by atoms with van der Waals surface area (Å²) in [6.45, 7) is 3.74. The van der Waals surface area contributed by atoms with Crippen molar-refractivity contribution < 1.29 is 5.21 Å². The van der Waals surface area contributed by atoms with E-state index in [1.165, 1.54) is 11.1 Å². The second-order valence-corrected chi connectivity index (χ2v) is 4.91. The highest BCUT2D eigenvalue weighted by atomic mass is 16.4. The maximum Gasteiger partial charge on any atom is 0.170 e. The molecule has 0 unspecified atom stereocenters. The first-order valence-corrected chi connectivity index (χ1v) is 7.09. The third-order valence-electron chi connectivity index (χ3n) is 3.47. The molecular formula is C17H21N3O. The molecule has 2 aromatic rings. The smallest absolute Gasteiger partial charge is 0.170 e. The molecule has 0 aliphatic carbocycles. The van der Waals surface area contributed by atoms with Gasteiger partial charge in [-0.25, -0.2) is 0 Å². The highest BCUT2D eigenvalue weighted by Gasteiger charge is 2.02. The Kier molecular flexibility index (Phi) is 5.35. The molecule has 2 aromatic carbocycles. The Hall–Kier alpha value is -2.33. The maximum absolute atomic E-state index is 8.71. The lowest BCUT2D eigenvalue weighted by Gasteiger charge is -2.10. The normalized spacial score (nSPS) is 11.6. The zero-order chi connectivity index (χ0) is 15.1. The molecule has 4 nitrogen and oxygen atoms in total. The van der Waals surface area contributed by atoms with Crippen molar-refractivity contribution in [2.45, 2.75) is 26.4 Å². The summed E-state index contributed by atoms with van der Waals surface area (Å²) in [5, 5.41) is 15.2. The van der Waals surface area contributed by atoms with Crippen molar-refractivity contribution in [3.05, 3.63) is 70.8 Å². The van der Waals surface area contributed by atoms with Crippen molar-refractivity contribution in [3.8, 4) is 0 Å². The van der Waals surface area contributed by atoms with E-state index >= 15 is 0 Å². The molecule has 0 aliphatic heterocycles. The minimum absolute atomic E-state index is 0.133. The number of nitrogens with one attached hydrogen (secondary N) is 1. The lowest BCUT2D eigenvalue weighted by Crippen LogP contribution is -2.16. The fraction of sp³-hybridized carbons (Fsp3) is 0.235. The number of nitrogens with zero attached hydrogens (tertiary/aromatic N) is 1. The SMILES string of the molecule is CCc1ccccc1CNCc1cccc(C(N)=NO)c1. The Morgan fingerprint density at radius 2 is 1.86 bits per heavy atom. The highest BCUT2D eigenvalue weighted by Crippen LogP contribution is 2.10. The van der Waals surface area contributed by atoms with Gasteiger partial charge in [-0.2, -0.15) is 0 Å². The van der Waals surface area contributed by atoms with Crippen molar-refractivity contribution >= 4 is 5.84 Å². The summed E-state index contributed by atoms with van der Waals surface area (Å²) >= 11 is 0. The summed E-state index contributed by atoms with van der Waals surface area (Å²) in [6.07, 6.45) is 1.04. The molecule has 0 bridgehead atoms.